The van der Waals surface area contributed by atoms with Crippen LogP contribution in [0.15, 0.2) is 22.7 Å². The van der Waals surface area contributed by atoms with Gasteiger partial charge in [0.2, 0.25) is 0 Å². The maximum Gasteiger partial charge on any atom is 0.137 e. The molecule has 3 atom stereocenters. The van der Waals surface area contributed by atoms with Gasteiger partial charge in [-0.3, -0.25) is 0 Å². The standard InChI is InChI=1S/C22H30N2O3/c1-4-25-21-11-17-9-15(3)26-22(17)12-18(21)13-23-20-7-5-6-16(20)10-19-8-14(2)24-27-19/h8,11-12,15-16,20,23H,4-7,9-10,13H2,1-3H3/t15?,16-,20+/m0/s1. The summed E-state index contributed by atoms with van der Waals surface area (Å²) in [6.45, 7) is 7.61. The first-order chi connectivity index (χ1) is 13.1. The van der Waals surface area contributed by atoms with Crippen molar-refractivity contribution in [3.8, 4) is 11.5 Å². The highest BCUT2D eigenvalue weighted by Gasteiger charge is 2.29. The molecular formula is C22H30N2O3. The number of nitrogens with one attached hydrogen (secondary N) is 1. The Morgan fingerprint density at radius 1 is 1.26 bits per heavy atom. The molecule has 2 heterocycles. The predicted octanol–water partition coefficient (Wildman–Crippen LogP) is 4.21. The first kappa shape index (κ1) is 18.4. The average Bonchev–Trinajstić information content (AvgIpc) is 3.33. The van der Waals surface area contributed by atoms with Crippen LogP contribution in [0.3, 0.4) is 0 Å². The Morgan fingerprint density at radius 3 is 2.93 bits per heavy atom. The number of aromatic nitrogens is 1. The van der Waals surface area contributed by atoms with Gasteiger partial charge < -0.3 is 19.3 Å². The molecule has 27 heavy (non-hydrogen) atoms. The molecule has 0 radical (unpaired) electrons. The Labute approximate surface area is 161 Å². The molecule has 146 valence electrons. The van der Waals surface area contributed by atoms with E-state index in [1.165, 1.54) is 30.4 Å². The third-order valence-electron chi connectivity index (χ3n) is 5.73. The first-order valence-corrected chi connectivity index (χ1v) is 10.2. The molecule has 4 rings (SSSR count). The van der Waals surface area contributed by atoms with Crippen LogP contribution in [0.4, 0.5) is 0 Å². The lowest BCUT2D eigenvalue weighted by atomic mass is 9.97. The fourth-order valence-electron chi connectivity index (χ4n) is 4.47. The minimum Gasteiger partial charge on any atom is -0.494 e. The van der Waals surface area contributed by atoms with Gasteiger partial charge in [0.05, 0.1) is 12.3 Å². The summed E-state index contributed by atoms with van der Waals surface area (Å²) in [6, 6.07) is 6.89. The second-order valence-electron chi connectivity index (χ2n) is 7.95. The molecule has 0 saturated heterocycles. The number of rotatable bonds is 7. The summed E-state index contributed by atoms with van der Waals surface area (Å²) in [5.74, 6) is 3.60. The molecule has 1 aromatic heterocycles. The van der Waals surface area contributed by atoms with E-state index in [0.29, 0.717) is 18.6 Å². The van der Waals surface area contributed by atoms with Crippen molar-refractivity contribution >= 4 is 0 Å². The lowest BCUT2D eigenvalue weighted by Crippen LogP contribution is -2.33. The lowest BCUT2D eigenvalue weighted by Gasteiger charge is -2.21. The van der Waals surface area contributed by atoms with Crippen LogP contribution in [0.2, 0.25) is 0 Å². The van der Waals surface area contributed by atoms with Crippen molar-refractivity contribution in [3.63, 3.8) is 0 Å². The quantitative estimate of drug-likeness (QED) is 0.791. The van der Waals surface area contributed by atoms with Crippen LogP contribution >= 0.6 is 0 Å². The summed E-state index contributed by atoms with van der Waals surface area (Å²) in [5.41, 5.74) is 3.40. The summed E-state index contributed by atoms with van der Waals surface area (Å²) >= 11 is 0. The van der Waals surface area contributed by atoms with Crippen LogP contribution in [0.1, 0.15) is 55.7 Å². The summed E-state index contributed by atoms with van der Waals surface area (Å²) < 4.78 is 17.3. The average molecular weight is 370 g/mol. The van der Waals surface area contributed by atoms with Crippen molar-refractivity contribution in [1.82, 2.24) is 10.5 Å². The Balaban J connectivity index is 1.43. The van der Waals surface area contributed by atoms with Crippen molar-refractivity contribution in [2.45, 2.75) is 71.6 Å². The first-order valence-electron chi connectivity index (χ1n) is 10.2. The topological polar surface area (TPSA) is 56.5 Å². The third-order valence-corrected chi connectivity index (χ3v) is 5.73. The van der Waals surface area contributed by atoms with Crippen LogP contribution < -0.4 is 14.8 Å². The molecule has 1 fully saturated rings. The Bertz CT molecular complexity index is 786. The highest BCUT2D eigenvalue weighted by atomic mass is 16.5. The molecule has 1 aromatic carbocycles. The van der Waals surface area contributed by atoms with Crippen molar-refractivity contribution < 1.29 is 14.0 Å². The number of ether oxygens (including phenoxy) is 2. The van der Waals surface area contributed by atoms with Gasteiger partial charge in [-0.05, 0) is 51.7 Å². The van der Waals surface area contributed by atoms with E-state index in [9.17, 15) is 0 Å². The van der Waals surface area contributed by atoms with Gasteiger partial charge in [0.25, 0.3) is 0 Å². The monoisotopic (exact) mass is 370 g/mol. The van der Waals surface area contributed by atoms with Crippen molar-refractivity contribution in [1.29, 1.82) is 0 Å². The number of aryl methyl sites for hydroxylation is 1. The zero-order valence-corrected chi connectivity index (χ0v) is 16.6. The molecule has 5 nitrogen and oxygen atoms in total. The number of fused-ring (bicyclic) bond motifs is 1. The van der Waals surface area contributed by atoms with Gasteiger partial charge in [-0.25, -0.2) is 0 Å². The molecular weight excluding hydrogens is 340 g/mol. The molecule has 5 heteroatoms. The van der Waals surface area contributed by atoms with Crippen LogP contribution in [0, 0.1) is 12.8 Å². The Hall–Kier alpha value is -2.01. The maximum absolute atomic E-state index is 5.95. The van der Waals surface area contributed by atoms with Crippen molar-refractivity contribution in [2.24, 2.45) is 5.92 Å². The van der Waals surface area contributed by atoms with Crippen LogP contribution in [-0.2, 0) is 19.4 Å². The fourth-order valence-corrected chi connectivity index (χ4v) is 4.47. The summed E-state index contributed by atoms with van der Waals surface area (Å²) in [4.78, 5) is 0. The second-order valence-corrected chi connectivity index (χ2v) is 7.95. The molecule has 0 bridgehead atoms. The molecule has 0 amide bonds. The minimum absolute atomic E-state index is 0.252. The van der Waals surface area contributed by atoms with Gasteiger partial charge in [0, 0.05) is 42.6 Å². The van der Waals surface area contributed by atoms with E-state index < -0.39 is 0 Å². The minimum atomic E-state index is 0.252. The van der Waals surface area contributed by atoms with Crippen molar-refractivity contribution in [3.05, 3.63) is 40.8 Å². The van der Waals surface area contributed by atoms with E-state index in [0.717, 1.165) is 42.3 Å². The van der Waals surface area contributed by atoms with E-state index in [4.69, 9.17) is 14.0 Å². The molecule has 1 aliphatic heterocycles. The largest absolute Gasteiger partial charge is 0.494 e. The molecule has 0 spiro atoms. The summed E-state index contributed by atoms with van der Waals surface area (Å²) in [6.07, 6.45) is 5.88. The van der Waals surface area contributed by atoms with E-state index in [1.54, 1.807) is 0 Å². The third kappa shape index (κ3) is 4.13. The van der Waals surface area contributed by atoms with E-state index >= 15 is 0 Å². The van der Waals surface area contributed by atoms with Crippen LogP contribution in [0.5, 0.6) is 11.5 Å². The lowest BCUT2D eigenvalue weighted by molar-refractivity contribution is 0.254. The molecule has 1 aliphatic carbocycles. The van der Waals surface area contributed by atoms with Gasteiger partial charge >= 0.3 is 0 Å². The number of nitrogens with zero attached hydrogens (tertiary/aromatic N) is 1. The summed E-state index contributed by atoms with van der Waals surface area (Å²) in [7, 11) is 0. The SMILES string of the molecule is CCOc1cc2c(cc1CN[C@@H]1CCC[C@H]1Cc1cc(C)no1)OC(C)C2. The molecule has 1 N–H and O–H groups in total. The number of hydrogen-bond acceptors (Lipinski definition) is 5. The number of benzene rings is 1. The zero-order valence-electron chi connectivity index (χ0n) is 16.6. The summed E-state index contributed by atoms with van der Waals surface area (Å²) in [5, 5.41) is 7.80. The highest BCUT2D eigenvalue weighted by Crippen LogP contribution is 2.36. The van der Waals surface area contributed by atoms with E-state index in [-0.39, 0.29) is 6.10 Å². The van der Waals surface area contributed by atoms with E-state index in [1.807, 2.05) is 13.8 Å². The highest BCUT2D eigenvalue weighted by molar-refractivity contribution is 5.48. The number of hydrogen-bond donors (Lipinski definition) is 1. The Morgan fingerprint density at radius 2 is 2.15 bits per heavy atom. The van der Waals surface area contributed by atoms with Gasteiger partial charge in [0.1, 0.15) is 23.4 Å². The molecule has 1 unspecified atom stereocenters. The molecule has 2 aliphatic rings. The predicted molar refractivity (Wildman–Crippen MR) is 104 cm³/mol. The zero-order chi connectivity index (χ0) is 18.8. The smallest absolute Gasteiger partial charge is 0.137 e. The van der Waals surface area contributed by atoms with Gasteiger partial charge in [-0.1, -0.05) is 11.6 Å². The van der Waals surface area contributed by atoms with Gasteiger partial charge in [-0.15, -0.1) is 0 Å². The second kappa shape index (κ2) is 7.93. The molecule has 1 saturated carbocycles. The van der Waals surface area contributed by atoms with Gasteiger partial charge in [0.15, 0.2) is 0 Å². The van der Waals surface area contributed by atoms with Crippen LogP contribution in [0.25, 0.3) is 0 Å². The van der Waals surface area contributed by atoms with Crippen LogP contribution in [-0.4, -0.2) is 23.9 Å². The van der Waals surface area contributed by atoms with Crippen molar-refractivity contribution in [2.75, 3.05) is 6.61 Å². The normalized spacial score (nSPS) is 24.0. The van der Waals surface area contributed by atoms with E-state index in [2.05, 4.69) is 35.6 Å². The fraction of sp³-hybridized carbons (Fsp3) is 0.591. The maximum atomic E-state index is 5.95. The van der Waals surface area contributed by atoms with Gasteiger partial charge in [-0.2, -0.15) is 0 Å². The molecule has 2 aromatic rings. The Kier molecular flexibility index (Phi) is 5.39.